The lowest BCUT2D eigenvalue weighted by atomic mass is 10.2. The van der Waals surface area contributed by atoms with Crippen molar-refractivity contribution in [1.82, 2.24) is 9.78 Å². The molecule has 0 saturated heterocycles. The third-order valence-corrected chi connectivity index (χ3v) is 3.28. The lowest BCUT2D eigenvalue weighted by Gasteiger charge is -2.18. The van der Waals surface area contributed by atoms with Crippen molar-refractivity contribution in [3.8, 4) is 0 Å². The SMILES string of the molecule is CCCN(C)c1cnn(Cc2cccc(N)c2F)c(=O)c1. The second kappa shape index (κ2) is 6.39. The Balaban J connectivity index is 2.26. The average Bonchev–Trinajstić information content (AvgIpc) is 2.46. The number of nitrogens with zero attached hydrogens (tertiary/aromatic N) is 3. The summed E-state index contributed by atoms with van der Waals surface area (Å²) >= 11 is 0. The molecule has 0 bridgehead atoms. The molecule has 0 fully saturated rings. The number of rotatable bonds is 5. The number of aromatic nitrogens is 2. The summed E-state index contributed by atoms with van der Waals surface area (Å²) in [5, 5.41) is 4.10. The fourth-order valence-corrected chi connectivity index (χ4v) is 2.10. The second-order valence-corrected chi connectivity index (χ2v) is 4.95. The smallest absolute Gasteiger partial charge is 0.269 e. The summed E-state index contributed by atoms with van der Waals surface area (Å²) in [7, 11) is 1.90. The average molecular weight is 290 g/mol. The van der Waals surface area contributed by atoms with Crippen molar-refractivity contribution in [1.29, 1.82) is 0 Å². The number of hydrogen-bond donors (Lipinski definition) is 1. The van der Waals surface area contributed by atoms with E-state index >= 15 is 0 Å². The van der Waals surface area contributed by atoms with Crippen molar-refractivity contribution in [2.24, 2.45) is 0 Å². The molecule has 0 aliphatic rings. The Hall–Kier alpha value is -2.37. The van der Waals surface area contributed by atoms with Gasteiger partial charge in [0.15, 0.2) is 5.82 Å². The molecule has 2 rings (SSSR count). The van der Waals surface area contributed by atoms with E-state index in [0.717, 1.165) is 18.7 Å². The highest BCUT2D eigenvalue weighted by Crippen LogP contribution is 2.15. The maximum Gasteiger partial charge on any atom is 0.269 e. The molecule has 0 unspecified atom stereocenters. The largest absolute Gasteiger partial charge is 0.396 e. The highest BCUT2D eigenvalue weighted by molar-refractivity contribution is 5.43. The highest BCUT2D eigenvalue weighted by atomic mass is 19.1. The maximum absolute atomic E-state index is 13.9. The molecule has 0 spiro atoms. The van der Waals surface area contributed by atoms with Gasteiger partial charge in [-0.1, -0.05) is 19.1 Å². The van der Waals surface area contributed by atoms with Crippen LogP contribution in [0.5, 0.6) is 0 Å². The molecule has 1 aromatic heterocycles. The van der Waals surface area contributed by atoms with Gasteiger partial charge in [-0.05, 0) is 12.5 Å². The van der Waals surface area contributed by atoms with Crippen molar-refractivity contribution >= 4 is 11.4 Å². The van der Waals surface area contributed by atoms with Crippen LogP contribution in [0.1, 0.15) is 18.9 Å². The first kappa shape index (κ1) is 15.0. The molecule has 6 heteroatoms. The van der Waals surface area contributed by atoms with Gasteiger partial charge < -0.3 is 10.6 Å². The number of nitrogens with two attached hydrogens (primary N) is 1. The molecule has 0 aliphatic heterocycles. The van der Waals surface area contributed by atoms with E-state index in [-0.39, 0.29) is 17.8 Å². The van der Waals surface area contributed by atoms with Crippen molar-refractivity contribution < 1.29 is 4.39 Å². The van der Waals surface area contributed by atoms with Crippen LogP contribution in [0, 0.1) is 5.82 Å². The topological polar surface area (TPSA) is 64.2 Å². The molecule has 112 valence electrons. The van der Waals surface area contributed by atoms with Gasteiger partial charge in [0.1, 0.15) is 0 Å². The summed E-state index contributed by atoms with van der Waals surface area (Å²) in [6.45, 7) is 2.97. The fraction of sp³-hybridized carbons (Fsp3) is 0.333. The molecule has 0 amide bonds. The van der Waals surface area contributed by atoms with Crippen LogP contribution in [0.3, 0.4) is 0 Å². The van der Waals surface area contributed by atoms with E-state index in [1.54, 1.807) is 18.3 Å². The molecule has 0 atom stereocenters. The third-order valence-electron chi connectivity index (χ3n) is 3.28. The van der Waals surface area contributed by atoms with Crippen molar-refractivity contribution in [3.05, 3.63) is 52.2 Å². The first-order chi connectivity index (χ1) is 10.0. The van der Waals surface area contributed by atoms with Crippen LogP contribution in [0.25, 0.3) is 0 Å². The molecule has 0 aliphatic carbocycles. The van der Waals surface area contributed by atoms with Gasteiger partial charge in [-0.2, -0.15) is 5.10 Å². The molecular weight excluding hydrogens is 271 g/mol. The normalized spacial score (nSPS) is 10.6. The molecule has 5 nitrogen and oxygen atoms in total. The summed E-state index contributed by atoms with van der Waals surface area (Å²) in [5.74, 6) is -0.502. The highest BCUT2D eigenvalue weighted by Gasteiger charge is 2.09. The third kappa shape index (κ3) is 3.39. The number of nitrogen functional groups attached to an aromatic ring is 1. The Labute approximate surface area is 122 Å². The minimum absolute atomic E-state index is 0.0630. The van der Waals surface area contributed by atoms with Crippen molar-refractivity contribution in [3.63, 3.8) is 0 Å². The summed E-state index contributed by atoms with van der Waals surface area (Å²) in [4.78, 5) is 14.0. The number of hydrogen-bond acceptors (Lipinski definition) is 4. The van der Waals surface area contributed by atoms with Crippen molar-refractivity contribution in [2.45, 2.75) is 19.9 Å². The Morgan fingerprint density at radius 2 is 2.19 bits per heavy atom. The predicted molar refractivity (Wildman–Crippen MR) is 82.0 cm³/mol. The van der Waals surface area contributed by atoms with E-state index in [9.17, 15) is 9.18 Å². The molecule has 0 radical (unpaired) electrons. The quantitative estimate of drug-likeness (QED) is 0.854. The first-order valence-corrected chi connectivity index (χ1v) is 6.84. The van der Waals surface area contributed by atoms with Crippen LogP contribution < -0.4 is 16.2 Å². The molecule has 21 heavy (non-hydrogen) atoms. The standard InChI is InChI=1S/C15H19FN4O/c1-3-7-19(2)12-8-14(21)20(18-9-12)10-11-5-4-6-13(17)15(11)16/h4-6,8-9H,3,7,10,17H2,1-2H3. The summed E-state index contributed by atoms with van der Waals surface area (Å²) in [5.41, 5.74) is 6.43. The number of anilines is 2. The number of halogens is 1. The first-order valence-electron chi connectivity index (χ1n) is 6.84. The van der Waals surface area contributed by atoms with Crippen LogP contribution in [-0.2, 0) is 6.54 Å². The van der Waals surface area contributed by atoms with Crippen LogP contribution in [0.4, 0.5) is 15.8 Å². The molecule has 1 aromatic carbocycles. The van der Waals surface area contributed by atoms with Gasteiger partial charge in [0.25, 0.3) is 5.56 Å². The molecule has 2 aromatic rings. The van der Waals surface area contributed by atoms with E-state index in [4.69, 9.17) is 5.73 Å². The van der Waals surface area contributed by atoms with E-state index in [1.807, 2.05) is 11.9 Å². The molecule has 1 heterocycles. The summed E-state index contributed by atoms with van der Waals surface area (Å²) in [6, 6.07) is 6.24. The van der Waals surface area contributed by atoms with E-state index in [2.05, 4.69) is 12.0 Å². The van der Waals surface area contributed by atoms with Gasteiger partial charge in [-0.25, -0.2) is 9.07 Å². The predicted octanol–water partition coefficient (Wildman–Crippen LogP) is 1.86. The number of benzene rings is 1. The van der Waals surface area contributed by atoms with Crippen LogP contribution in [0.15, 0.2) is 35.3 Å². The van der Waals surface area contributed by atoms with E-state index < -0.39 is 5.82 Å². The van der Waals surface area contributed by atoms with Gasteiger partial charge >= 0.3 is 0 Å². The zero-order chi connectivity index (χ0) is 15.4. The van der Waals surface area contributed by atoms with E-state index in [1.165, 1.54) is 16.8 Å². The Morgan fingerprint density at radius 1 is 1.43 bits per heavy atom. The maximum atomic E-state index is 13.9. The summed E-state index contributed by atoms with van der Waals surface area (Å²) in [6.07, 6.45) is 2.59. The van der Waals surface area contributed by atoms with Gasteiger partial charge in [-0.3, -0.25) is 4.79 Å². The minimum atomic E-state index is -0.502. The lowest BCUT2D eigenvalue weighted by molar-refractivity contribution is 0.575. The second-order valence-electron chi connectivity index (χ2n) is 4.95. The fourth-order valence-electron chi connectivity index (χ4n) is 2.10. The Bertz CT molecular complexity index is 684. The van der Waals surface area contributed by atoms with Crippen molar-refractivity contribution in [2.75, 3.05) is 24.2 Å². The van der Waals surface area contributed by atoms with Crippen LogP contribution >= 0.6 is 0 Å². The molecule has 2 N–H and O–H groups in total. The van der Waals surface area contributed by atoms with Gasteiger partial charge in [0.2, 0.25) is 0 Å². The van der Waals surface area contributed by atoms with Crippen LogP contribution in [-0.4, -0.2) is 23.4 Å². The zero-order valence-corrected chi connectivity index (χ0v) is 12.2. The minimum Gasteiger partial charge on any atom is -0.396 e. The monoisotopic (exact) mass is 290 g/mol. The lowest BCUT2D eigenvalue weighted by Crippen LogP contribution is -2.26. The van der Waals surface area contributed by atoms with E-state index in [0.29, 0.717) is 5.56 Å². The van der Waals surface area contributed by atoms with Gasteiger partial charge in [0, 0.05) is 25.2 Å². The van der Waals surface area contributed by atoms with Gasteiger partial charge in [0.05, 0.1) is 24.1 Å². The Morgan fingerprint density at radius 3 is 2.86 bits per heavy atom. The molecule has 0 saturated carbocycles. The summed E-state index contributed by atoms with van der Waals surface area (Å²) < 4.78 is 15.1. The molecular formula is C15H19FN4O. The van der Waals surface area contributed by atoms with Gasteiger partial charge in [-0.15, -0.1) is 0 Å². The zero-order valence-electron chi connectivity index (χ0n) is 12.2. The Kier molecular flexibility index (Phi) is 4.57. The van der Waals surface area contributed by atoms with Crippen LogP contribution in [0.2, 0.25) is 0 Å².